The zero-order valence-electron chi connectivity index (χ0n) is 13.5. The average Bonchev–Trinajstić information content (AvgIpc) is 3.19. The summed E-state index contributed by atoms with van der Waals surface area (Å²) in [6, 6.07) is 8.43. The summed E-state index contributed by atoms with van der Waals surface area (Å²) in [6.45, 7) is 0.322. The Balaban J connectivity index is 1.87. The van der Waals surface area contributed by atoms with Gasteiger partial charge in [0.2, 0.25) is 11.9 Å². The summed E-state index contributed by atoms with van der Waals surface area (Å²) in [5.74, 6) is 0.520. The number of benzene rings is 1. The highest BCUT2D eigenvalue weighted by Crippen LogP contribution is 2.35. The van der Waals surface area contributed by atoms with Crippen LogP contribution in [0.3, 0.4) is 0 Å². The molecule has 0 radical (unpaired) electrons. The zero-order valence-corrected chi connectivity index (χ0v) is 13.5. The molecule has 1 aromatic heterocycles. The molecule has 1 unspecified atom stereocenters. The minimum absolute atomic E-state index is 0.114. The second-order valence-corrected chi connectivity index (χ2v) is 6.08. The van der Waals surface area contributed by atoms with E-state index in [9.17, 15) is 4.79 Å². The molecule has 3 N–H and O–H groups in total. The van der Waals surface area contributed by atoms with Gasteiger partial charge in [0, 0.05) is 19.7 Å². The molecule has 6 nitrogen and oxygen atoms in total. The first kappa shape index (κ1) is 16.0. The number of nitrogens with two attached hydrogens (primary N) is 1. The molecule has 1 amide bonds. The first-order chi connectivity index (χ1) is 11.2. The number of carbonyl (C=O) groups is 1. The molecule has 2 aromatic rings. The van der Waals surface area contributed by atoms with E-state index in [2.05, 4.69) is 20.9 Å². The minimum atomic E-state index is -0.265. The molecule has 1 aliphatic carbocycles. The van der Waals surface area contributed by atoms with E-state index in [1.165, 1.54) is 12.8 Å². The maximum atomic E-state index is 12.3. The van der Waals surface area contributed by atoms with Crippen LogP contribution in [0.15, 0.2) is 24.3 Å². The van der Waals surface area contributed by atoms with Crippen molar-refractivity contribution in [3.63, 3.8) is 0 Å². The zero-order chi connectivity index (χ0) is 16.2. The van der Waals surface area contributed by atoms with Crippen LogP contribution < -0.4 is 11.1 Å². The number of aromatic nitrogens is 2. The fourth-order valence-electron chi connectivity index (χ4n) is 3.31. The van der Waals surface area contributed by atoms with Gasteiger partial charge in [0.05, 0.1) is 23.6 Å². The summed E-state index contributed by atoms with van der Waals surface area (Å²) in [6.07, 6.45) is 4.69. The lowest BCUT2D eigenvalue weighted by atomic mass is 10.2. The van der Waals surface area contributed by atoms with E-state index in [-0.39, 0.29) is 18.4 Å². The second kappa shape index (κ2) is 7.10. The highest BCUT2D eigenvalue weighted by Gasteiger charge is 2.24. The van der Waals surface area contributed by atoms with Gasteiger partial charge in [-0.25, -0.2) is 4.98 Å². The predicted molar refractivity (Wildman–Crippen MR) is 90.3 cm³/mol. The maximum absolute atomic E-state index is 12.3. The van der Waals surface area contributed by atoms with Crippen LogP contribution in [-0.4, -0.2) is 35.2 Å². The van der Waals surface area contributed by atoms with Crippen LogP contribution in [0.4, 0.5) is 5.95 Å². The summed E-state index contributed by atoms with van der Waals surface area (Å²) in [5, 5.41) is 2.95. The van der Waals surface area contributed by atoms with Crippen molar-refractivity contribution in [2.24, 2.45) is 5.73 Å². The van der Waals surface area contributed by atoms with Crippen molar-refractivity contribution in [1.82, 2.24) is 9.55 Å². The number of amides is 1. The number of rotatable bonds is 6. The summed E-state index contributed by atoms with van der Waals surface area (Å²) in [5.41, 5.74) is 7.58. The third kappa shape index (κ3) is 3.38. The van der Waals surface area contributed by atoms with E-state index in [0.717, 1.165) is 23.9 Å². The summed E-state index contributed by atoms with van der Waals surface area (Å²) in [7, 11) is 1.57. The van der Waals surface area contributed by atoms with Gasteiger partial charge in [0.15, 0.2) is 0 Å². The quantitative estimate of drug-likeness (QED) is 0.857. The Kier molecular flexibility index (Phi) is 4.93. The molecule has 1 aromatic carbocycles. The Morgan fingerprint density at radius 2 is 2.17 bits per heavy atom. The number of methoxy groups -OCH3 is 1. The van der Waals surface area contributed by atoms with Crippen LogP contribution in [0.2, 0.25) is 0 Å². The molecular formula is C17H24N4O2. The number of hydrogen-bond acceptors (Lipinski definition) is 4. The van der Waals surface area contributed by atoms with Crippen molar-refractivity contribution in [2.75, 3.05) is 19.0 Å². The van der Waals surface area contributed by atoms with Gasteiger partial charge in [-0.05, 0) is 25.0 Å². The first-order valence-electron chi connectivity index (χ1n) is 8.22. The van der Waals surface area contributed by atoms with Gasteiger partial charge in [0.25, 0.3) is 0 Å². The molecule has 124 valence electrons. The Hall–Kier alpha value is -1.92. The van der Waals surface area contributed by atoms with Crippen LogP contribution in [0.5, 0.6) is 0 Å². The molecule has 0 aliphatic heterocycles. The van der Waals surface area contributed by atoms with E-state index < -0.39 is 0 Å². The molecule has 1 saturated carbocycles. The van der Waals surface area contributed by atoms with Gasteiger partial charge in [-0.15, -0.1) is 0 Å². The topological polar surface area (TPSA) is 82.2 Å². The molecule has 3 rings (SSSR count). The molecule has 1 atom stereocenters. The number of hydrogen-bond donors (Lipinski definition) is 2. The number of nitrogens with zero attached hydrogens (tertiary/aromatic N) is 2. The number of para-hydroxylation sites is 2. The monoisotopic (exact) mass is 316 g/mol. The lowest BCUT2D eigenvalue weighted by molar-refractivity contribution is -0.118. The molecule has 1 heterocycles. The Morgan fingerprint density at radius 1 is 1.43 bits per heavy atom. The standard InChI is InChI=1S/C17H24N4O2/c1-23-13(11-18)10-16(22)20-17-19-14-8-4-5-9-15(14)21(17)12-6-2-3-7-12/h4-5,8-9,12-13H,2-3,6-7,10-11,18H2,1H3,(H,19,20,22). The van der Waals surface area contributed by atoms with Crippen LogP contribution in [0, 0.1) is 0 Å². The van der Waals surface area contributed by atoms with Crippen LogP contribution in [-0.2, 0) is 9.53 Å². The normalized spacial score (nSPS) is 16.8. The van der Waals surface area contributed by atoms with E-state index in [0.29, 0.717) is 18.5 Å². The van der Waals surface area contributed by atoms with Crippen molar-refractivity contribution in [3.8, 4) is 0 Å². The van der Waals surface area contributed by atoms with Crippen LogP contribution >= 0.6 is 0 Å². The Labute approximate surface area is 136 Å². The molecule has 1 fully saturated rings. The van der Waals surface area contributed by atoms with Crippen molar-refractivity contribution < 1.29 is 9.53 Å². The molecule has 6 heteroatoms. The number of nitrogens with one attached hydrogen (secondary N) is 1. The molecule has 0 saturated heterocycles. The lowest BCUT2D eigenvalue weighted by Crippen LogP contribution is -2.29. The average molecular weight is 316 g/mol. The highest BCUT2D eigenvalue weighted by molar-refractivity contribution is 5.91. The summed E-state index contributed by atoms with van der Waals surface area (Å²) < 4.78 is 7.37. The van der Waals surface area contributed by atoms with Crippen LogP contribution in [0.1, 0.15) is 38.1 Å². The van der Waals surface area contributed by atoms with Gasteiger partial charge in [-0.1, -0.05) is 25.0 Å². The highest BCUT2D eigenvalue weighted by atomic mass is 16.5. The minimum Gasteiger partial charge on any atom is -0.380 e. The van der Waals surface area contributed by atoms with E-state index >= 15 is 0 Å². The van der Waals surface area contributed by atoms with Gasteiger partial charge < -0.3 is 15.0 Å². The van der Waals surface area contributed by atoms with E-state index in [1.807, 2.05) is 18.2 Å². The SMILES string of the molecule is COC(CN)CC(=O)Nc1nc2ccccc2n1C1CCCC1. The van der Waals surface area contributed by atoms with Crippen molar-refractivity contribution in [2.45, 2.75) is 44.2 Å². The fourth-order valence-corrected chi connectivity index (χ4v) is 3.31. The van der Waals surface area contributed by atoms with E-state index in [1.54, 1.807) is 7.11 Å². The fraction of sp³-hybridized carbons (Fsp3) is 0.529. The molecule has 0 spiro atoms. The van der Waals surface area contributed by atoms with Gasteiger partial charge in [0.1, 0.15) is 0 Å². The number of anilines is 1. The number of fused-ring (bicyclic) bond motifs is 1. The van der Waals surface area contributed by atoms with Gasteiger partial charge >= 0.3 is 0 Å². The Bertz CT molecular complexity index is 672. The molecule has 0 bridgehead atoms. The smallest absolute Gasteiger partial charge is 0.229 e. The van der Waals surface area contributed by atoms with Gasteiger partial charge in [-0.2, -0.15) is 0 Å². The Morgan fingerprint density at radius 3 is 2.87 bits per heavy atom. The second-order valence-electron chi connectivity index (χ2n) is 6.08. The maximum Gasteiger partial charge on any atom is 0.229 e. The number of carbonyl (C=O) groups excluding carboxylic acids is 1. The number of imidazole rings is 1. The van der Waals surface area contributed by atoms with Gasteiger partial charge in [-0.3, -0.25) is 10.1 Å². The molecule has 23 heavy (non-hydrogen) atoms. The lowest BCUT2D eigenvalue weighted by Gasteiger charge is -2.17. The molecule has 1 aliphatic rings. The van der Waals surface area contributed by atoms with Crippen molar-refractivity contribution in [3.05, 3.63) is 24.3 Å². The number of ether oxygens (including phenoxy) is 1. The summed E-state index contributed by atoms with van der Waals surface area (Å²) in [4.78, 5) is 16.9. The largest absolute Gasteiger partial charge is 0.380 e. The predicted octanol–water partition coefficient (Wildman–Crippen LogP) is 2.45. The van der Waals surface area contributed by atoms with Crippen molar-refractivity contribution in [1.29, 1.82) is 0 Å². The van der Waals surface area contributed by atoms with Crippen molar-refractivity contribution >= 4 is 22.9 Å². The third-order valence-electron chi connectivity index (χ3n) is 4.55. The first-order valence-corrected chi connectivity index (χ1v) is 8.22. The molecular weight excluding hydrogens is 292 g/mol. The van der Waals surface area contributed by atoms with E-state index in [4.69, 9.17) is 10.5 Å². The summed E-state index contributed by atoms with van der Waals surface area (Å²) >= 11 is 0. The third-order valence-corrected chi connectivity index (χ3v) is 4.55. The van der Waals surface area contributed by atoms with Crippen LogP contribution in [0.25, 0.3) is 11.0 Å².